The van der Waals surface area contributed by atoms with E-state index < -0.39 is 18.0 Å². The van der Waals surface area contributed by atoms with Gasteiger partial charge in [-0.25, -0.2) is 9.18 Å². The summed E-state index contributed by atoms with van der Waals surface area (Å²) in [5, 5.41) is 11.1. The molecule has 0 aliphatic rings. The molecule has 1 aromatic rings. The summed E-state index contributed by atoms with van der Waals surface area (Å²) in [4.78, 5) is 23.5. The van der Waals surface area contributed by atoms with Crippen molar-refractivity contribution in [3.8, 4) is 0 Å². The van der Waals surface area contributed by atoms with Gasteiger partial charge in [0.2, 0.25) is 0 Å². The van der Waals surface area contributed by atoms with Crippen LogP contribution in [0.2, 0.25) is 0 Å². The average Bonchev–Trinajstić information content (AvgIpc) is 2.27. The third kappa shape index (κ3) is 4.04. The number of hydrogen-bond acceptors (Lipinski definition) is 2. The molecule has 0 heterocycles. The van der Waals surface area contributed by atoms with Gasteiger partial charge in [-0.3, -0.25) is 9.69 Å². The minimum atomic E-state index is -0.979. The van der Waals surface area contributed by atoms with E-state index in [1.54, 1.807) is 6.92 Å². The predicted octanol–water partition coefficient (Wildman–Crippen LogP) is 1.83. The molecule has 0 fully saturated rings. The van der Waals surface area contributed by atoms with Crippen LogP contribution in [0.25, 0.3) is 0 Å². The van der Waals surface area contributed by atoms with Crippen molar-refractivity contribution in [2.75, 3.05) is 11.9 Å². The first kappa shape index (κ1) is 14.0. The van der Waals surface area contributed by atoms with Crippen LogP contribution < -0.4 is 10.2 Å². The maximum Gasteiger partial charge on any atom is 0.321 e. The van der Waals surface area contributed by atoms with E-state index in [0.29, 0.717) is 5.69 Å². The van der Waals surface area contributed by atoms with Crippen LogP contribution in [0, 0.1) is 5.82 Å². The summed E-state index contributed by atoms with van der Waals surface area (Å²) in [5.41, 5.74) is 0.524. The van der Waals surface area contributed by atoms with Crippen molar-refractivity contribution in [3.05, 3.63) is 30.1 Å². The summed E-state index contributed by atoms with van der Waals surface area (Å²) in [7, 11) is 1.52. The number of carbonyl (C=O) groups is 2. The van der Waals surface area contributed by atoms with Gasteiger partial charge in [-0.05, 0) is 31.2 Å². The standard InChI is InChI=1S/C12H15FN2O3/c1-8(7-11(16)17)14-12(18)15(2)10-5-3-9(13)4-6-10/h3-6,8H,7H2,1-2H3,(H,14,18)(H,16,17). The number of carboxylic acids is 1. The van der Waals surface area contributed by atoms with Gasteiger partial charge in [0.15, 0.2) is 0 Å². The summed E-state index contributed by atoms with van der Waals surface area (Å²) < 4.78 is 12.7. The lowest BCUT2D eigenvalue weighted by molar-refractivity contribution is -0.137. The van der Waals surface area contributed by atoms with Crippen molar-refractivity contribution in [1.82, 2.24) is 5.32 Å². The fourth-order valence-corrected chi connectivity index (χ4v) is 1.40. The highest BCUT2D eigenvalue weighted by molar-refractivity contribution is 5.91. The van der Waals surface area contributed by atoms with E-state index in [0.717, 1.165) is 0 Å². The number of rotatable bonds is 4. The zero-order chi connectivity index (χ0) is 13.7. The van der Waals surface area contributed by atoms with E-state index in [1.807, 2.05) is 0 Å². The monoisotopic (exact) mass is 254 g/mol. The Labute approximate surface area is 104 Å². The molecule has 0 aromatic heterocycles. The summed E-state index contributed by atoms with van der Waals surface area (Å²) in [5.74, 6) is -1.36. The highest BCUT2D eigenvalue weighted by Crippen LogP contribution is 2.13. The first-order valence-electron chi connectivity index (χ1n) is 5.41. The van der Waals surface area contributed by atoms with Crippen LogP contribution in [0.5, 0.6) is 0 Å². The molecular weight excluding hydrogens is 239 g/mol. The molecule has 0 bridgehead atoms. The lowest BCUT2D eigenvalue weighted by Gasteiger charge is -2.20. The molecule has 0 saturated heterocycles. The largest absolute Gasteiger partial charge is 0.481 e. The summed E-state index contributed by atoms with van der Waals surface area (Å²) in [6, 6.07) is 4.53. The van der Waals surface area contributed by atoms with Crippen molar-refractivity contribution in [1.29, 1.82) is 0 Å². The van der Waals surface area contributed by atoms with Gasteiger partial charge in [0, 0.05) is 18.8 Å². The minimum absolute atomic E-state index is 0.150. The number of urea groups is 1. The average molecular weight is 254 g/mol. The number of benzene rings is 1. The van der Waals surface area contributed by atoms with Crippen LogP contribution in [0.15, 0.2) is 24.3 Å². The van der Waals surface area contributed by atoms with E-state index in [-0.39, 0.29) is 12.2 Å². The topological polar surface area (TPSA) is 69.6 Å². The van der Waals surface area contributed by atoms with Gasteiger partial charge in [-0.2, -0.15) is 0 Å². The number of carbonyl (C=O) groups excluding carboxylic acids is 1. The van der Waals surface area contributed by atoms with E-state index in [1.165, 1.54) is 36.2 Å². The number of nitrogens with zero attached hydrogens (tertiary/aromatic N) is 1. The van der Waals surface area contributed by atoms with E-state index in [9.17, 15) is 14.0 Å². The number of hydrogen-bond donors (Lipinski definition) is 2. The van der Waals surface area contributed by atoms with Crippen LogP contribution in [-0.4, -0.2) is 30.2 Å². The van der Waals surface area contributed by atoms with E-state index in [2.05, 4.69) is 5.32 Å². The van der Waals surface area contributed by atoms with Gasteiger partial charge in [0.1, 0.15) is 5.82 Å². The highest BCUT2D eigenvalue weighted by Gasteiger charge is 2.15. The maximum absolute atomic E-state index is 12.7. The Balaban J connectivity index is 2.61. The fourth-order valence-electron chi connectivity index (χ4n) is 1.40. The third-order valence-electron chi connectivity index (χ3n) is 2.37. The number of nitrogens with one attached hydrogen (secondary N) is 1. The number of halogens is 1. The lowest BCUT2D eigenvalue weighted by atomic mass is 10.2. The molecule has 0 spiro atoms. The van der Waals surface area contributed by atoms with Crippen molar-refractivity contribution in [2.45, 2.75) is 19.4 Å². The number of amides is 2. The Morgan fingerprint density at radius 1 is 1.39 bits per heavy atom. The molecule has 1 unspecified atom stereocenters. The summed E-state index contributed by atoms with van der Waals surface area (Å²) >= 11 is 0. The molecule has 0 aliphatic carbocycles. The highest BCUT2D eigenvalue weighted by atomic mass is 19.1. The van der Waals surface area contributed by atoms with Gasteiger partial charge in [-0.1, -0.05) is 0 Å². The van der Waals surface area contributed by atoms with Crippen molar-refractivity contribution in [2.24, 2.45) is 0 Å². The van der Waals surface area contributed by atoms with Crippen LogP contribution >= 0.6 is 0 Å². The molecule has 1 rings (SSSR count). The van der Waals surface area contributed by atoms with Gasteiger partial charge >= 0.3 is 12.0 Å². The van der Waals surface area contributed by atoms with Gasteiger partial charge in [0.25, 0.3) is 0 Å². The molecule has 98 valence electrons. The van der Waals surface area contributed by atoms with Gasteiger partial charge < -0.3 is 10.4 Å². The maximum atomic E-state index is 12.7. The second-order valence-electron chi connectivity index (χ2n) is 3.98. The van der Waals surface area contributed by atoms with Crippen LogP contribution in [0.3, 0.4) is 0 Å². The quantitative estimate of drug-likeness (QED) is 0.861. The fraction of sp³-hybridized carbons (Fsp3) is 0.333. The van der Waals surface area contributed by atoms with Crippen LogP contribution in [0.1, 0.15) is 13.3 Å². The van der Waals surface area contributed by atoms with Crippen LogP contribution in [-0.2, 0) is 4.79 Å². The number of anilines is 1. The molecule has 18 heavy (non-hydrogen) atoms. The Hall–Kier alpha value is -2.11. The van der Waals surface area contributed by atoms with Gasteiger partial charge in [-0.15, -0.1) is 0 Å². The second kappa shape index (κ2) is 6.00. The van der Waals surface area contributed by atoms with Crippen molar-refractivity contribution >= 4 is 17.7 Å². The molecule has 2 N–H and O–H groups in total. The van der Waals surface area contributed by atoms with Crippen molar-refractivity contribution < 1.29 is 19.1 Å². The first-order chi connectivity index (χ1) is 8.40. The van der Waals surface area contributed by atoms with Gasteiger partial charge in [0.05, 0.1) is 6.42 Å². The van der Waals surface area contributed by atoms with E-state index >= 15 is 0 Å². The molecule has 0 aliphatic heterocycles. The molecule has 1 aromatic carbocycles. The molecule has 1 atom stereocenters. The number of carboxylic acid groups (broad SMARTS) is 1. The Kier molecular flexibility index (Phi) is 4.65. The predicted molar refractivity (Wildman–Crippen MR) is 65.0 cm³/mol. The lowest BCUT2D eigenvalue weighted by Crippen LogP contribution is -2.42. The van der Waals surface area contributed by atoms with Crippen LogP contribution in [0.4, 0.5) is 14.9 Å². The SMILES string of the molecule is CC(CC(=O)O)NC(=O)N(C)c1ccc(F)cc1. The molecule has 2 amide bonds. The first-order valence-corrected chi connectivity index (χ1v) is 5.41. The summed E-state index contributed by atoms with van der Waals surface area (Å²) in [6.45, 7) is 1.60. The summed E-state index contributed by atoms with van der Waals surface area (Å²) in [6.07, 6.45) is -0.150. The molecule has 6 heteroatoms. The van der Waals surface area contributed by atoms with Crippen molar-refractivity contribution in [3.63, 3.8) is 0 Å². The molecular formula is C12H15FN2O3. The Bertz CT molecular complexity index is 433. The normalized spacial score (nSPS) is 11.7. The molecule has 0 saturated carbocycles. The minimum Gasteiger partial charge on any atom is -0.481 e. The Morgan fingerprint density at radius 2 is 1.94 bits per heavy atom. The Morgan fingerprint density at radius 3 is 2.44 bits per heavy atom. The second-order valence-corrected chi connectivity index (χ2v) is 3.98. The zero-order valence-corrected chi connectivity index (χ0v) is 10.2. The zero-order valence-electron chi connectivity index (χ0n) is 10.2. The molecule has 0 radical (unpaired) electrons. The smallest absolute Gasteiger partial charge is 0.321 e. The van der Waals surface area contributed by atoms with E-state index in [4.69, 9.17) is 5.11 Å². The molecule has 5 nitrogen and oxygen atoms in total. The number of aliphatic carboxylic acids is 1. The third-order valence-corrected chi connectivity index (χ3v) is 2.37.